The van der Waals surface area contributed by atoms with Gasteiger partial charge in [0.1, 0.15) is 12.1 Å². The van der Waals surface area contributed by atoms with Gasteiger partial charge in [0.2, 0.25) is 17.6 Å². The zero-order chi connectivity index (χ0) is 37.1. The monoisotopic (exact) mass is 721 g/mol. The van der Waals surface area contributed by atoms with E-state index in [0.717, 1.165) is 51.4 Å². The number of hydrogen-bond donors (Lipinski definition) is 4. The van der Waals surface area contributed by atoms with Crippen molar-refractivity contribution >= 4 is 39.4 Å². The molecule has 0 radical (unpaired) electrons. The summed E-state index contributed by atoms with van der Waals surface area (Å²) in [5, 5.41) is 11.5. The summed E-state index contributed by atoms with van der Waals surface area (Å²) in [5.41, 5.74) is -1.11. The van der Waals surface area contributed by atoms with Crippen LogP contribution < -0.4 is 21.3 Å². The summed E-state index contributed by atoms with van der Waals surface area (Å²) < 4.78 is 25.8. The molecule has 50 heavy (non-hydrogen) atoms. The minimum Gasteiger partial charge on any atom is -0.349 e. The van der Waals surface area contributed by atoms with Crippen molar-refractivity contribution in [1.82, 2.24) is 26.2 Å². The van der Waals surface area contributed by atoms with Crippen molar-refractivity contribution in [3.63, 3.8) is 0 Å². The number of sulfone groups is 1. The van der Waals surface area contributed by atoms with Crippen LogP contribution in [0.2, 0.25) is 0 Å². The third kappa shape index (κ3) is 8.84. The minimum absolute atomic E-state index is 0.0873. The standard InChI is InChI=1S/C37H63N5O7S/c1-8-16-26(30(43)32(45)38-21-9-2)39-31(44)29-27-25(36(27,6)7)22-42(29)33(46)28(24-17-12-10-13-18-24)40-34(47)41-37(19-14-11-15-20-37)23-50(48,49)35(3,4)5/h24-29H,8-23H2,1-7H3,(H,38,45)(H,39,44)(H2,40,41,47)/t25?,26?,27?,28-,29-/m0/s1. The maximum absolute atomic E-state index is 14.7. The van der Waals surface area contributed by atoms with Crippen LogP contribution in [0.1, 0.15) is 132 Å². The Kier molecular flexibility index (Phi) is 12.7. The Hall–Kier alpha value is -2.70. The maximum Gasteiger partial charge on any atom is 0.315 e. The fourth-order valence-electron chi connectivity index (χ4n) is 8.67. The second-order valence-corrected chi connectivity index (χ2v) is 19.8. The first-order chi connectivity index (χ1) is 23.4. The van der Waals surface area contributed by atoms with Gasteiger partial charge in [0.15, 0.2) is 9.84 Å². The van der Waals surface area contributed by atoms with Gasteiger partial charge in [-0.25, -0.2) is 13.2 Å². The normalized spacial score (nSPS) is 25.8. The number of carbonyl (C=O) groups is 5. The van der Waals surface area contributed by atoms with Crippen LogP contribution in [0.25, 0.3) is 0 Å². The molecule has 0 bridgehead atoms. The Morgan fingerprint density at radius 2 is 1.50 bits per heavy atom. The van der Waals surface area contributed by atoms with E-state index in [4.69, 9.17) is 0 Å². The Bertz CT molecular complexity index is 1380. The number of urea groups is 1. The molecule has 4 rings (SSSR count). The molecule has 5 atom stereocenters. The summed E-state index contributed by atoms with van der Waals surface area (Å²) in [6, 6.07) is -3.29. The highest BCUT2D eigenvalue weighted by Gasteiger charge is 2.69. The number of amides is 5. The van der Waals surface area contributed by atoms with Crippen LogP contribution in [-0.2, 0) is 29.0 Å². The van der Waals surface area contributed by atoms with Crippen LogP contribution in [0.15, 0.2) is 0 Å². The van der Waals surface area contributed by atoms with Gasteiger partial charge in [-0.2, -0.15) is 0 Å². The lowest BCUT2D eigenvalue weighted by Crippen LogP contribution is -2.63. The molecule has 1 saturated heterocycles. The number of nitrogens with zero attached hydrogens (tertiary/aromatic N) is 1. The predicted octanol–water partition coefficient (Wildman–Crippen LogP) is 4.01. The van der Waals surface area contributed by atoms with Gasteiger partial charge in [0.25, 0.3) is 5.91 Å². The van der Waals surface area contributed by atoms with E-state index in [0.29, 0.717) is 45.2 Å². The smallest absolute Gasteiger partial charge is 0.315 e. The summed E-state index contributed by atoms with van der Waals surface area (Å²) in [7, 11) is -3.55. The molecule has 13 heteroatoms. The van der Waals surface area contributed by atoms with Crippen molar-refractivity contribution in [1.29, 1.82) is 0 Å². The van der Waals surface area contributed by atoms with Crippen LogP contribution in [0.3, 0.4) is 0 Å². The van der Waals surface area contributed by atoms with Crippen molar-refractivity contribution < 1.29 is 32.4 Å². The second kappa shape index (κ2) is 15.9. The zero-order valence-corrected chi connectivity index (χ0v) is 32.3. The number of nitrogens with one attached hydrogen (secondary N) is 4. The number of fused-ring (bicyclic) bond motifs is 1. The van der Waals surface area contributed by atoms with Gasteiger partial charge in [-0.1, -0.05) is 72.6 Å². The van der Waals surface area contributed by atoms with Gasteiger partial charge >= 0.3 is 6.03 Å². The van der Waals surface area contributed by atoms with E-state index in [1.807, 2.05) is 13.8 Å². The highest BCUT2D eigenvalue weighted by atomic mass is 32.2. The molecule has 0 aromatic rings. The highest BCUT2D eigenvalue weighted by molar-refractivity contribution is 7.92. The molecule has 4 N–H and O–H groups in total. The molecule has 3 unspecified atom stereocenters. The van der Waals surface area contributed by atoms with Gasteiger partial charge in [0, 0.05) is 13.1 Å². The number of Topliss-reactive ketones (excluding diaryl/α,β-unsaturated/α-hetero) is 1. The Morgan fingerprint density at radius 1 is 0.880 bits per heavy atom. The zero-order valence-electron chi connectivity index (χ0n) is 31.5. The Morgan fingerprint density at radius 3 is 2.08 bits per heavy atom. The van der Waals surface area contributed by atoms with Crippen LogP contribution >= 0.6 is 0 Å². The average molecular weight is 722 g/mol. The van der Waals surface area contributed by atoms with E-state index < -0.39 is 61.9 Å². The van der Waals surface area contributed by atoms with E-state index in [-0.39, 0.29) is 34.8 Å². The fourth-order valence-corrected chi connectivity index (χ4v) is 10.2. The first-order valence-corrected chi connectivity index (χ1v) is 20.8. The van der Waals surface area contributed by atoms with E-state index in [1.54, 1.807) is 25.7 Å². The molecule has 5 amide bonds. The molecule has 1 heterocycles. The molecule has 1 aliphatic heterocycles. The molecule has 12 nitrogen and oxygen atoms in total. The highest BCUT2D eigenvalue weighted by Crippen LogP contribution is 2.65. The molecule has 0 aromatic carbocycles. The lowest BCUT2D eigenvalue weighted by molar-refractivity contribution is -0.144. The third-order valence-electron chi connectivity index (χ3n) is 12.0. The number of carbonyl (C=O) groups excluding carboxylic acids is 5. The minimum atomic E-state index is -3.55. The van der Waals surface area contributed by atoms with Gasteiger partial charge in [-0.15, -0.1) is 0 Å². The van der Waals surface area contributed by atoms with E-state index in [9.17, 15) is 32.4 Å². The number of piperidine rings is 1. The summed E-state index contributed by atoms with van der Waals surface area (Å²) in [4.78, 5) is 69.9. The van der Waals surface area contributed by atoms with Crippen molar-refractivity contribution in [3.8, 4) is 0 Å². The summed E-state index contributed by atoms with van der Waals surface area (Å²) in [6.45, 7) is 13.7. The first-order valence-electron chi connectivity index (χ1n) is 19.1. The summed E-state index contributed by atoms with van der Waals surface area (Å²) >= 11 is 0. The van der Waals surface area contributed by atoms with Crippen LogP contribution in [-0.4, -0.2) is 90.1 Å². The molecule has 3 saturated carbocycles. The molecule has 284 valence electrons. The quantitative estimate of drug-likeness (QED) is 0.196. The van der Waals surface area contributed by atoms with Crippen LogP contribution in [0.4, 0.5) is 4.79 Å². The van der Waals surface area contributed by atoms with Gasteiger partial charge in [-0.3, -0.25) is 19.2 Å². The molecule has 3 aliphatic carbocycles. The van der Waals surface area contributed by atoms with Crippen molar-refractivity contribution in [2.24, 2.45) is 23.2 Å². The SMILES string of the molecule is CCCNC(=O)C(=O)C(CCC)NC(=O)[C@@H]1C2C(CN1C(=O)[C@@H](NC(=O)NC1(CS(=O)(=O)C(C)(C)C)CCCCC1)C1CCCCC1)C2(C)C. The van der Waals surface area contributed by atoms with Crippen molar-refractivity contribution in [3.05, 3.63) is 0 Å². The summed E-state index contributed by atoms with van der Waals surface area (Å²) in [5.74, 6) is -2.53. The lowest BCUT2D eigenvalue weighted by atomic mass is 9.82. The van der Waals surface area contributed by atoms with Gasteiger partial charge in [-0.05, 0) is 82.5 Å². The predicted molar refractivity (Wildman–Crippen MR) is 193 cm³/mol. The molecule has 4 aliphatic rings. The van der Waals surface area contributed by atoms with Crippen LogP contribution in [0.5, 0.6) is 0 Å². The van der Waals surface area contributed by atoms with E-state index >= 15 is 0 Å². The Labute approximate surface area is 299 Å². The van der Waals surface area contributed by atoms with Crippen molar-refractivity contribution in [2.45, 2.75) is 160 Å². The maximum atomic E-state index is 14.7. The van der Waals surface area contributed by atoms with E-state index in [1.165, 1.54) is 0 Å². The number of rotatable bonds is 14. The van der Waals surface area contributed by atoms with E-state index in [2.05, 4.69) is 35.1 Å². The largest absolute Gasteiger partial charge is 0.349 e. The molecular weight excluding hydrogens is 659 g/mol. The molecule has 0 aromatic heterocycles. The fraction of sp³-hybridized carbons (Fsp3) is 0.865. The van der Waals surface area contributed by atoms with Gasteiger partial charge < -0.3 is 26.2 Å². The van der Waals surface area contributed by atoms with Gasteiger partial charge in [0.05, 0.1) is 22.1 Å². The average Bonchev–Trinajstić information content (AvgIpc) is 3.36. The summed E-state index contributed by atoms with van der Waals surface area (Å²) in [6.07, 6.45) is 9.59. The second-order valence-electron chi connectivity index (χ2n) is 17.0. The first kappa shape index (κ1) is 40.1. The number of ketones is 1. The third-order valence-corrected chi connectivity index (χ3v) is 14.8. The van der Waals surface area contributed by atoms with Crippen molar-refractivity contribution in [2.75, 3.05) is 18.8 Å². The molecule has 4 fully saturated rings. The number of likely N-dealkylation sites (tertiary alicyclic amines) is 1. The lowest BCUT2D eigenvalue weighted by Gasteiger charge is -2.41. The van der Waals surface area contributed by atoms with Crippen LogP contribution in [0, 0.1) is 23.2 Å². The Balaban J connectivity index is 1.57. The molecular formula is C37H63N5O7S. The topological polar surface area (TPSA) is 171 Å². The molecule has 0 spiro atoms. The number of hydrogen-bond acceptors (Lipinski definition) is 7.